The van der Waals surface area contributed by atoms with Crippen LogP contribution >= 0.6 is 0 Å². The van der Waals surface area contributed by atoms with Gasteiger partial charge in [-0.1, -0.05) is 43.2 Å². The van der Waals surface area contributed by atoms with Crippen molar-refractivity contribution in [3.05, 3.63) is 65.2 Å². The topological polar surface area (TPSA) is 105 Å². The lowest BCUT2D eigenvalue weighted by Gasteiger charge is -2.29. The largest absolute Gasteiger partial charge is 0.494 e. The summed E-state index contributed by atoms with van der Waals surface area (Å²) in [4.78, 5) is 49.8. The van der Waals surface area contributed by atoms with Crippen LogP contribution in [0, 0.1) is 0 Å². The van der Waals surface area contributed by atoms with Crippen LogP contribution in [0.4, 0.5) is 0 Å². The molecule has 2 aliphatic rings. The summed E-state index contributed by atoms with van der Waals surface area (Å²) >= 11 is 0. The molecule has 0 bridgehead atoms. The highest BCUT2D eigenvalue weighted by Gasteiger charge is 2.39. The van der Waals surface area contributed by atoms with E-state index in [1.165, 1.54) is 10.5 Å². The highest BCUT2D eigenvalue weighted by Crippen LogP contribution is 2.30. The van der Waals surface area contributed by atoms with Gasteiger partial charge in [0, 0.05) is 31.5 Å². The van der Waals surface area contributed by atoms with Gasteiger partial charge in [-0.3, -0.25) is 24.5 Å². The van der Waals surface area contributed by atoms with Crippen LogP contribution in [0.3, 0.4) is 0 Å². The number of hydrogen-bond acceptors (Lipinski definition) is 5. The van der Waals surface area contributed by atoms with E-state index >= 15 is 0 Å². The molecule has 2 aromatic rings. The predicted molar refractivity (Wildman–Crippen MR) is 134 cm³/mol. The summed E-state index contributed by atoms with van der Waals surface area (Å²) in [6, 6.07) is 14.8. The smallest absolute Gasteiger partial charge is 0.255 e. The summed E-state index contributed by atoms with van der Waals surface area (Å²) in [7, 11) is 0. The van der Waals surface area contributed by atoms with Crippen LogP contribution in [0.25, 0.3) is 0 Å². The van der Waals surface area contributed by atoms with Gasteiger partial charge in [0.25, 0.3) is 5.91 Å². The van der Waals surface area contributed by atoms with Gasteiger partial charge in [-0.25, -0.2) is 0 Å². The number of aryl methyl sites for hydroxylation is 1. The third-order valence-electron chi connectivity index (χ3n) is 6.64. The average Bonchev–Trinajstić information content (AvgIpc) is 3.20. The molecule has 1 fully saturated rings. The van der Waals surface area contributed by atoms with Crippen molar-refractivity contribution < 1.29 is 23.9 Å². The first kappa shape index (κ1) is 25.4. The normalized spacial score (nSPS) is 17.1. The van der Waals surface area contributed by atoms with Gasteiger partial charge in [0.1, 0.15) is 11.8 Å². The molecule has 0 aromatic heterocycles. The lowest BCUT2D eigenvalue weighted by Crippen LogP contribution is -2.52. The minimum absolute atomic E-state index is 0.0912. The van der Waals surface area contributed by atoms with E-state index in [1.807, 2.05) is 36.4 Å². The second kappa shape index (κ2) is 12.3. The molecule has 0 saturated carbocycles. The van der Waals surface area contributed by atoms with E-state index in [0.29, 0.717) is 43.9 Å². The van der Waals surface area contributed by atoms with Crippen LogP contribution in [0.2, 0.25) is 0 Å². The molecule has 4 amide bonds. The van der Waals surface area contributed by atoms with Crippen molar-refractivity contribution in [2.75, 3.05) is 13.2 Å². The fourth-order valence-corrected chi connectivity index (χ4v) is 4.63. The molecule has 1 unspecified atom stereocenters. The molecule has 0 spiro atoms. The van der Waals surface area contributed by atoms with Crippen LogP contribution in [-0.4, -0.2) is 47.7 Å². The van der Waals surface area contributed by atoms with Crippen LogP contribution in [0.5, 0.6) is 5.75 Å². The van der Waals surface area contributed by atoms with Crippen LogP contribution in [0.15, 0.2) is 48.5 Å². The van der Waals surface area contributed by atoms with Crippen molar-refractivity contribution in [3.8, 4) is 5.75 Å². The molecular formula is C28H33N3O5. The summed E-state index contributed by atoms with van der Waals surface area (Å²) in [5.74, 6) is -0.0840. The Bertz CT molecular complexity index is 1100. The Hall–Kier alpha value is -3.68. The van der Waals surface area contributed by atoms with Crippen molar-refractivity contribution in [2.45, 2.75) is 64.0 Å². The average molecular weight is 492 g/mol. The summed E-state index contributed by atoms with van der Waals surface area (Å²) in [5, 5.41) is 5.30. The van der Waals surface area contributed by atoms with E-state index in [-0.39, 0.29) is 24.1 Å². The van der Waals surface area contributed by atoms with Gasteiger partial charge in [0.05, 0.1) is 6.61 Å². The number of piperidine rings is 1. The Labute approximate surface area is 211 Å². The molecule has 1 saturated heterocycles. The quantitative estimate of drug-likeness (QED) is 0.351. The van der Waals surface area contributed by atoms with Crippen LogP contribution < -0.4 is 15.4 Å². The monoisotopic (exact) mass is 491 g/mol. The van der Waals surface area contributed by atoms with E-state index in [2.05, 4.69) is 10.6 Å². The van der Waals surface area contributed by atoms with Crippen molar-refractivity contribution in [1.29, 1.82) is 0 Å². The number of benzene rings is 2. The molecule has 1 atom stereocenters. The van der Waals surface area contributed by atoms with Crippen molar-refractivity contribution >= 4 is 23.6 Å². The molecule has 190 valence electrons. The number of amides is 4. The lowest BCUT2D eigenvalue weighted by molar-refractivity contribution is -0.137. The number of unbranched alkanes of at least 4 members (excludes halogenated alkanes) is 3. The minimum atomic E-state index is -0.611. The molecule has 8 heteroatoms. The Balaban J connectivity index is 1.10. The first-order valence-electron chi connectivity index (χ1n) is 12.7. The number of carbonyl (C=O) groups is 4. The maximum absolute atomic E-state index is 12.8. The van der Waals surface area contributed by atoms with Gasteiger partial charge < -0.3 is 15.0 Å². The summed E-state index contributed by atoms with van der Waals surface area (Å²) < 4.78 is 5.88. The Morgan fingerprint density at radius 3 is 2.64 bits per heavy atom. The van der Waals surface area contributed by atoms with E-state index in [4.69, 9.17) is 4.74 Å². The van der Waals surface area contributed by atoms with Gasteiger partial charge in [-0.15, -0.1) is 0 Å². The van der Waals surface area contributed by atoms with E-state index < -0.39 is 11.9 Å². The van der Waals surface area contributed by atoms with Crippen LogP contribution in [0.1, 0.15) is 66.4 Å². The van der Waals surface area contributed by atoms with E-state index in [9.17, 15) is 19.2 Å². The van der Waals surface area contributed by atoms with Crippen molar-refractivity contribution in [3.63, 3.8) is 0 Å². The second-order valence-electron chi connectivity index (χ2n) is 9.32. The summed E-state index contributed by atoms with van der Waals surface area (Å²) in [5.41, 5.74) is 2.59. The minimum Gasteiger partial charge on any atom is -0.494 e. The van der Waals surface area contributed by atoms with Gasteiger partial charge in [0.2, 0.25) is 17.7 Å². The predicted octanol–water partition coefficient (Wildman–Crippen LogP) is 3.14. The highest BCUT2D eigenvalue weighted by molar-refractivity contribution is 6.05. The molecule has 2 aromatic carbocycles. The number of rotatable bonds is 12. The van der Waals surface area contributed by atoms with E-state index in [0.717, 1.165) is 37.7 Å². The number of imide groups is 1. The zero-order valence-corrected chi connectivity index (χ0v) is 20.5. The number of ether oxygens (including phenoxy) is 1. The first-order valence-corrected chi connectivity index (χ1v) is 12.7. The van der Waals surface area contributed by atoms with Crippen LogP contribution in [-0.2, 0) is 27.3 Å². The maximum Gasteiger partial charge on any atom is 0.255 e. The number of carbonyl (C=O) groups excluding carboxylic acids is 4. The third kappa shape index (κ3) is 6.71. The van der Waals surface area contributed by atoms with Gasteiger partial charge in [-0.05, 0) is 55.0 Å². The SMILES string of the molecule is O=C(CCc1ccccc1)NCCCCCCOc1ccc2c(c1)CN(C1CCC(=O)NC1=O)C2=O. The first-order chi connectivity index (χ1) is 17.5. The molecule has 2 heterocycles. The zero-order valence-electron chi connectivity index (χ0n) is 20.5. The maximum atomic E-state index is 12.8. The molecule has 0 aliphatic carbocycles. The third-order valence-corrected chi connectivity index (χ3v) is 6.64. The highest BCUT2D eigenvalue weighted by atomic mass is 16.5. The number of nitrogens with one attached hydrogen (secondary N) is 2. The summed E-state index contributed by atoms with van der Waals surface area (Å²) in [6.07, 6.45) is 5.73. The second-order valence-corrected chi connectivity index (χ2v) is 9.32. The molecule has 8 nitrogen and oxygen atoms in total. The van der Waals surface area contributed by atoms with E-state index in [1.54, 1.807) is 12.1 Å². The fourth-order valence-electron chi connectivity index (χ4n) is 4.63. The fraction of sp³-hybridized carbons (Fsp3) is 0.429. The van der Waals surface area contributed by atoms with Crippen molar-refractivity contribution in [2.24, 2.45) is 0 Å². The molecule has 36 heavy (non-hydrogen) atoms. The Morgan fingerprint density at radius 2 is 1.83 bits per heavy atom. The molecule has 2 aliphatic heterocycles. The molecule has 2 N–H and O–H groups in total. The zero-order chi connectivity index (χ0) is 25.3. The lowest BCUT2D eigenvalue weighted by atomic mass is 10.0. The Kier molecular flexibility index (Phi) is 8.71. The number of fused-ring (bicyclic) bond motifs is 1. The summed E-state index contributed by atoms with van der Waals surface area (Å²) in [6.45, 7) is 1.61. The van der Waals surface area contributed by atoms with Gasteiger partial charge in [-0.2, -0.15) is 0 Å². The molecule has 0 radical (unpaired) electrons. The van der Waals surface area contributed by atoms with Gasteiger partial charge in [0.15, 0.2) is 0 Å². The Morgan fingerprint density at radius 1 is 1.03 bits per heavy atom. The molecular weight excluding hydrogens is 458 g/mol. The molecule has 4 rings (SSSR count). The van der Waals surface area contributed by atoms with Gasteiger partial charge >= 0.3 is 0 Å². The number of nitrogens with zero attached hydrogens (tertiary/aromatic N) is 1. The standard InChI is InChI=1S/C28H33N3O5/c32-25(14-10-20-8-4-3-5-9-20)29-16-6-1-2-7-17-36-22-11-12-23-21(18-22)19-31(28(23)35)24-13-15-26(33)30-27(24)34/h3-5,8-9,11-12,18,24H,1-2,6-7,10,13-17,19H2,(H,29,32)(H,30,33,34). The van der Waals surface area contributed by atoms with Crippen molar-refractivity contribution in [1.82, 2.24) is 15.5 Å². The number of hydrogen-bond donors (Lipinski definition) is 2.